The second-order valence-corrected chi connectivity index (χ2v) is 4.28. The lowest BCUT2D eigenvalue weighted by molar-refractivity contribution is 0.206. The molecular weight excluding hydrogens is 153 g/mol. The van der Waals surface area contributed by atoms with Gasteiger partial charge in [0.25, 0.3) is 0 Å². The summed E-state index contributed by atoms with van der Waals surface area (Å²) in [6.45, 7) is 2.17. The molecule has 1 atom stereocenters. The second kappa shape index (κ2) is 4.09. The lowest BCUT2D eigenvalue weighted by atomic mass is 10.9. The highest BCUT2D eigenvalue weighted by Gasteiger charge is 2.24. The van der Waals surface area contributed by atoms with E-state index in [9.17, 15) is 4.57 Å². The number of hydrogen-bond acceptors (Lipinski definition) is 3. The van der Waals surface area contributed by atoms with Gasteiger partial charge in [-0.3, -0.25) is 9.05 Å². The maximum Gasteiger partial charge on any atom is 0.407 e. The Morgan fingerprint density at radius 3 is 2.10 bits per heavy atom. The standard InChI is InChI=1S/C5H14NO3P/c1-5-9-10(7,8-4)6(2)3/h5H2,1-4H3. The molecule has 0 bridgehead atoms. The Kier molecular flexibility index (Phi) is 4.13. The fourth-order valence-electron chi connectivity index (χ4n) is 0.495. The molecule has 0 saturated heterocycles. The molecular formula is C5H14NO3P. The molecule has 0 aromatic heterocycles. The van der Waals surface area contributed by atoms with Crippen molar-refractivity contribution < 1.29 is 13.6 Å². The molecule has 62 valence electrons. The Balaban J connectivity index is 4.10. The third-order valence-electron chi connectivity index (χ3n) is 1.01. The number of hydrogen-bond donors (Lipinski definition) is 0. The van der Waals surface area contributed by atoms with E-state index in [1.807, 2.05) is 0 Å². The summed E-state index contributed by atoms with van der Waals surface area (Å²) in [6.07, 6.45) is 0. The van der Waals surface area contributed by atoms with Gasteiger partial charge in [0.05, 0.1) is 6.61 Å². The maximum atomic E-state index is 11.4. The van der Waals surface area contributed by atoms with Gasteiger partial charge < -0.3 is 0 Å². The predicted octanol–water partition coefficient (Wildman–Crippen LogP) is 1.34. The van der Waals surface area contributed by atoms with Crippen LogP contribution in [0.5, 0.6) is 0 Å². The summed E-state index contributed by atoms with van der Waals surface area (Å²) in [6, 6.07) is 0. The zero-order valence-electron chi connectivity index (χ0n) is 6.83. The van der Waals surface area contributed by atoms with Gasteiger partial charge in [0, 0.05) is 7.11 Å². The summed E-state index contributed by atoms with van der Waals surface area (Å²) in [5.41, 5.74) is 0. The fraction of sp³-hybridized carbons (Fsp3) is 1.00. The molecule has 0 radical (unpaired) electrons. The Bertz CT molecular complexity index is 137. The number of rotatable bonds is 4. The molecule has 0 aliphatic rings. The Labute approximate surface area is 61.7 Å². The molecule has 0 N–H and O–H groups in total. The highest BCUT2D eigenvalue weighted by atomic mass is 31.2. The molecule has 0 fully saturated rings. The molecule has 0 rings (SSSR count). The minimum atomic E-state index is -2.94. The van der Waals surface area contributed by atoms with E-state index in [0.717, 1.165) is 0 Å². The zero-order valence-corrected chi connectivity index (χ0v) is 7.72. The van der Waals surface area contributed by atoms with Crippen molar-refractivity contribution in [3.05, 3.63) is 0 Å². The lowest BCUT2D eigenvalue weighted by Crippen LogP contribution is -2.11. The molecule has 0 heterocycles. The zero-order chi connectivity index (χ0) is 8.20. The van der Waals surface area contributed by atoms with Crippen LogP contribution in [0.1, 0.15) is 6.92 Å². The fourth-order valence-corrected chi connectivity index (χ4v) is 1.48. The van der Waals surface area contributed by atoms with Crippen LogP contribution in [-0.4, -0.2) is 32.5 Å². The van der Waals surface area contributed by atoms with Gasteiger partial charge in [-0.25, -0.2) is 9.24 Å². The SMILES string of the molecule is CCOP(=O)(OC)N(C)C. The van der Waals surface area contributed by atoms with E-state index in [1.165, 1.54) is 11.8 Å². The molecule has 0 spiro atoms. The van der Waals surface area contributed by atoms with Gasteiger partial charge in [0.1, 0.15) is 0 Å². The van der Waals surface area contributed by atoms with Crippen molar-refractivity contribution in [3.8, 4) is 0 Å². The van der Waals surface area contributed by atoms with E-state index in [1.54, 1.807) is 21.0 Å². The van der Waals surface area contributed by atoms with Crippen LogP contribution in [0.25, 0.3) is 0 Å². The van der Waals surface area contributed by atoms with Crippen LogP contribution in [0.15, 0.2) is 0 Å². The highest BCUT2D eigenvalue weighted by molar-refractivity contribution is 7.51. The summed E-state index contributed by atoms with van der Waals surface area (Å²) in [5, 5.41) is 0. The average Bonchev–Trinajstić information content (AvgIpc) is 1.88. The van der Waals surface area contributed by atoms with E-state index in [-0.39, 0.29) is 0 Å². The van der Waals surface area contributed by atoms with Crippen LogP contribution in [0.4, 0.5) is 0 Å². The molecule has 1 unspecified atom stereocenters. The van der Waals surface area contributed by atoms with Crippen molar-refractivity contribution in [1.82, 2.24) is 4.67 Å². The highest BCUT2D eigenvalue weighted by Crippen LogP contribution is 2.48. The molecule has 0 aliphatic heterocycles. The van der Waals surface area contributed by atoms with E-state index >= 15 is 0 Å². The molecule has 0 aromatic carbocycles. The first-order chi connectivity index (χ1) is 4.56. The van der Waals surface area contributed by atoms with Gasteiger partial charge in [0.2, 0.25) is 0 Å². The van der Waals surface area contributed by atoms with Crippen LogP contribution in [0, 0.1) is 0 Å². The van der Waals surface area contributed by atoms with Crippen molar-refractivity contribution in [2.24, 2.45) is 0 Å². The molecule has 0 saturated carbocycles. The third-order valence-corrected chi connectivity index (χ3v) is 3.04. The van der Waals surface area contributed by atoms with Crippen LogP contribution in [0.3, 0.4) is 0 Å². The van der Waals surface area contributed by atoms with E-state index in [4.69, 9.17) is 9.05 Å². The largest absolute Gasteiger partial charge is 0.407 e. The average molecular weight is 167 g/mol. The minimum absolute atomic E-state index is 0.392. The molecule has 0 aliphatic carbocycles. The Morgan fingerprint density at radius 1 is 1.50 bits per heavy atom. The lowest BCUT2D eigenvalue weighted by Gasteiger charge is -2.20. The minimum Gasteiger partial charge on any atom is -0.300 e. The molecule has 0 amide bonds. The number of nitrogens with zero attached hydrogens (tertiary/aromatic N) is 1. The first-order valence-electron chi connectivity index (χ1n) is 3.05. The summed E-state index contributed by atoms with van der Waals surface area (Å²) < 4.78 is 22.4. The van der Waals surface area contributed by atoms with E-state index in [2.05, 4.69) is 0 Å². The topological polar surface area (TPSA) is 38.8 Å². The second-order valence-electron chi connectivity index (χ2n) is 1.92. The van der Waals surface area contributed by atoms with E-state index < -0.39 is 7.75 Å². The van der Waals surface area contributed by atoms with Gasteiger partial charge in [-0.2, -0.15) is 0 Å². The van der Waals surface area contributed by atoms with Crippen molar-refractivity contribution in [2.45, 2.75) is 6.92 Å². The van der Waals surface area contributed by atoms with Crippen molar-refractivity contribution in [3.63, 3.8) is 0 Å². The van der Waals surface area contributed by atoms with Gasteiger partial charge >= 0.3 is 7.75 Å². The van der Waals surface area contributed by atoms with Crippen molar-refractivity contribution >= 4 is 7.75 Å². The van der Waals surface area contributed by atoms with Gasteiger partial charge in [-0.05, 0) is 21.0 Å². The summed E-state index contributed by atoms with van der Waals surface area (Å²) in [5.74, 6) is 0. The van der Waals surface area contributed by atoms with Crippen LogP contribution >= 0.6 is 7.75 Å². The van der Waals surface area contributed by atoms with Gasteiger partial charge in [-0.15, -0.1) is 0 Å². The smallest absolute Gasteiger partial charge is 0.300 e. The summed E-state index contributed by atoms with van der Waals surface area (Å²) in [7, 11) is 1.74. The van der Waals surface area contributed by atoms with Gasteiger partial charge in [0.15, 0.2) is 0 Å². The van der Waals surface area contributed by atoms with Crippen LogP contribution in [0.2, 0.25) is 0 Å². The van der Waals surface area contributed by atoms with Gasteiger partial charge in [-0.1, -0.05) is 0 Å². The first kappa shape index (κ1) is 10.1. The monoisotopic (exact) mass is 167 g/mol. The molecule has 4 nitrogen and oxygen atoms in total. The third kappa shape index (κ3) is 2.39. The van der Waals surface area contributed by atoms with Crippen molar-refractivity contribution in [2.75, 3.05) is 27.8 Å². The molecule has 0 aromatic rings. The Morgan fingerprint density at radius 2 is 2.00 bits per heavy atom. The normalized spacial score (nSPS) is 17.3. The predicted molar refractivity (Wildman–Crippen MR) is 39.9 cm³/mol. The van der Waals surface area contributed by atoms with Crippen molar-refractivity contribution in [1.29, 1.82) is 0 Å². The summed E-state index contributed by atoms with van der Waals surface area (Å²) >= 11 is 0. The maximum absolute atomic E-state index is 11.4. The summed E-state index contributed by atoms with van der Waals surface area (Å²) in [4.78, 5) is 0. The molecule has 10 heavy (non-hydrogen) atoms. The quantitative estimate of drug-likeness (QED) is 0.592. The van der Waals surface area contributed by atoms with Crippen LogP contribution in [-0.2, 0) is 13.6 Å². The molecule has 5 heteroatoms. The Hall–Kier alpha value is 0.110. The first-order valence-corrected chi connectivity index (χ1v) is 4.54. The van der Waals surface area contributed by atoms with Crippen LogP contribution < -0.4 is 0 Å². The van der Waals surface area contributed by atoms with E-state index in [0.29, 0.717) is 6.61 Å².